The Hall–Kier alpha value is -1.91. The Balaban J connectivity index is 2.79. The number of benzene rings is 1. The summed E-state index contributed by atoms with van der Waals surface area (Å²) in [5.74, 6) is -1.05. The molecule has 104 valence electrons. The van der Waals surface area contributed by atoms with Crippen molar-refractivity contribution >= 4 is 23.2 Å². The summed E-state index contributed by atoms with van der Waals surface area (Å²) in [5.41, 5.74) is 0.394. The summed E-state index contributed by atoms with van der Waals surface area (Å²) < 4.78 is 13.4. The van der Waals surface area contributed by atoms with E-state index < -0.39 is 5.82 Å². The second kappa shape index (κ2) is 5.82. The lowest BCUT2D eigenvalue weighted by Crippen LogP contribution is -2.19. The van der Waals surface area contributed by atoms with Crippen molar-refractivity contribution in [2.45, 2.75) is 34.1 Å². The molecule has 1 aromatic carbocycles. The SMILES string of the molecule is CC(=O)Nc1cc(NC(=O)CC(C)(C)C)ccc1F. The monoisotopic (exact) mass is 266 g/mol. The first-order chi connectivity index (χ1) is 8.67. The standard InChI is InChI=1S/C14H19FN2O2/c1-9(18)16-12-7-10(5-6-11(12)15)17-13(19)8-14(2,3)4/h5-7H,8H2,1-4H3,(H,16,18)(H,17,19). The lowest BCUT2D eigenvalue weighted by molar-refractivity contribution is -0.118. The molecule has 0 aliphatic rings. The van der Waals surface area contributed by atoms with Crippen molar-refractivity contribution in [3.05, 3.63) is 24.0 Å². The van der Waals surface area contributed by atoms with Crippen LogP contribution in [0, 0.1) is 11.2 Å². The highest BCUT2D eigenvalue weighted by atomic mass is 19.1. The molecule has 5 heteroatoms. The van der Waals surface area contributed by atoms with Crippen LogP contribution in [-0.2, 0) is 9.59 Å². The minimum absolute atomic E-state index is 0.0565. The second-order valence-corrected chi connectivity index (χ2v) is 5.66. The molecule has 0 aliphatic carbocycles. The van der Waals surface area contributed by atoms with Gasteiger partial charge in [-0.05, 0) is 23.6 Å². The second-order valence-electron chi connectivity index (χ2n) is 5.66. The average Bonchev–Trinajstić information content (AvgIpc) is 2.19. The van der Waals surface area contributed by atoms with Crippen molar-refractivity contribution in [1.82, 2.24) is 0 Å². The molecule has 0 saturated carbocycles. The van der Waals surface area contributed by atoms with E-state index in [4.69, 9.17) is 0 Å². The van der Waals surface area contributed by atoms with Gasteiger partial charge < -0.3 is 10.6 Å². The van der Waals surface area contributed by atoms with Crippen molar-refractivity contribution in [1.29, 1.82) is 0 Å². The van der Waals surface area contributed by atoms with Crippen LogP contribution in [-0.4, -0.2) is 11.8 Å². The van der Waals surface area contributed by atoms with Crippen LogP contribution in [0.1, 0.15) is 34.1 Å². The van der Waals surface area contributed by atoms with Crippen LogP contribution in [0.15, 0.2) is 18.2 Å². The number of hydrogen-bond acceptors (Lipinski definition) is 2. The fraction of sp³-hybridized carbons (Fsp3) is 0.429. The molecule has 0 atom stereocenters. The molecular formula is C14H19FN2O2. The summed E-state index contributed by atoms with van der Waals surface area (Å²) in [6.45, 7) is 7.17. The third kappa shape index (κ3) is 5.50. The Kier molecular flexibility index (Phi) is 4.64. The zero-order valence-electron chi connectivity index (χ0n) is 11.6. The van der Waals surface area contributed by atoms with Crippen LogP contribution < -0.4 is 10.6 Å². The lowest BCUT2D eigenvalue weighted by Gasteiger charge is -2.17. The lowest BCUT2D eigenvalue weighted by atomic mass is 9.92. The number of rotatable bonds is 3. The summed E-state index contributed by atoms with van der Waals surface area (Å²) in [6.07, 6.45) is 0.361. The number of hydrogen-bond donors (Lipinski definition) is 2. The molecule has 0 bridgehead atoms. The van der Waals surface area contributed by atoms with Gasteiger partial charge in [-0.25, -0.2) is 4.39 Å². The fourth-order valence-electron chi connectivity index (χ4n) is 1.58. The molecule has 2 N–H and O–H groups in total. The highest BCUT2D eigenvalue weighted by Gasteiger charge is 2.16. The Bertz CT molecular complexity index is 493. The van der Waals surface area contributed by atoms with Crippen molar-refractivity contribution in [2.24, 2.45) is 5.41 Å². The van der Waals surface area contributed by atoms with E-state index in [9.17, 15) is 14.0 Å². The van der Waals surface area contributed by atoms with E-state index >= 15 is 0 Å². The minimum atomic E-state index is -0.538. The third-order valence-electron chi connectivity index (χ3n) is 2.25. The van der Waals surface area contributed by atoms with Gasteiger partial charge in [0.15, 0.2) is 0 Å². The maximum atomic E-state index is 13.4. The van der Waals surface area contributed by atoms with Gasteiger partial charge in [-0.15, -0.1) is 0 Å². The summed E-state index contributed by atoms with van der Waals surface area (Å²) in [5, 5.41) is 5.05. The molecule has 0 saturated heterocycles. The molecule has 0 fully saturated rings. The van der Waals surface area contributed by atoms with E-state index in [-0.39, 0.29) is 22.9 Å². The number of nitrogens with one attached hydrogen (secondary N) is 2. The highest BCUT2D eigenvalue weighted by Crippen LogP contribution is 2.22. The van der Waals surface area contributed by atoms with Crippen LogP contribution in [0.25, 0.3) is 0 Å². The van der Waals surface area contributed by atoms with E-state index in [0.717, 1.165) is 0 Å². The number of amides is 2. The molecule has 0 unspecified atom stereocenters. The molecule has 0 radical (unpaired) electrons. The molecule has 4 nitrogen and oxygen atoms in total. The Morgan fingerprint density at radius 1 is 1.21 bits per heavy atom. The third-order valence-corrected chi connectivity index (χ3v) is 2.25. The van der Waals surface area contributed by atoms with Gasteiger partial charge in [0.2, 0.25) is 11.8 Å². The van der Waals surface area contributed by atoms with Gasteiger partial charge >= 0.3 is 0 Å². The first kappa shape index (κ1) is 15.1. The maximum absolute atomic E-state index is 13.4. The summed E-state index contributed by atoms with van der Waals surface area (Å²) in [4.78, 5) is 22.7. The van der Waals surface area contributed by atoms with Gasteiger partial charge in [0.1, 0.15) is 5.82 Å². The molecule has 1 aromatic rings. The highest BCUT2D eigenvalue weighted by molar-refractivity contribution is 5.93. The predicted octanol–water partition coefficient (Wildman–Crippen LogP) is 3.16. The van der Waals surface area contributed by atoms with Crippen LogP contribution in [0.4, 0.5) is 15.8 Å². The van der Waals surface area contributed by atoms with Crippen LogP contribution >= 0.6 is 0 Å². The van der Waals surface area contributed by atoms with Gasteiger partial charge in [0.05, 0.1) is 5.69 Å². The molecule has 2 amide bonds. The normalized spacial score (nSPS) is 11.0. The average molecular weight is 266 g/mol. The maximum Gasteiger partial charge on any atom is 0.224 e. The number of carbonyl (C=O) groups excluding carboxylic acids is 2. The van der Waals surface area contributed by atoms with E-state index in [1.54, 1.807) is 0 Å². The minimum Gasteiger partial charge on any atom is -0.326 e. The van der Waals surface area contributed by atoms with E-state index in [1.165, 1.54) is 25.1 Å². The summed E-state index contributed by atoms with van der Waals surface area (Å²) >= 11 is 0. The first-order valence-corrected chi connectivity index (χ1v) is 6.04. The first-order valence-electron chi connectivity index (χ1n) is 6.04. The van der Waals surface area contributed by atoms with Gasteiger partial charge in [-0.3, -0.25) is 9.59 Å². The van der Waals surface area contributed by atoms with E-state index in [1.807, 2.05) is 20.8 Å². The zero-order chi connectivity index (χ0) is 14.6. The van der Waals surface area contributed by atoms with Gasteiger partial charge in [-0.2, -0.15) is 0 Å². The molecular weight excluding hydrogens is 247 g/mol. The number of anilines is 2. The van der Waals surface area contributed by atoms with Crippen molar-refractivity contribution < 1.29 is 14.0 Å². The number of carbonyl (C=O) groups is 2. The van der Waals surface area contributed by atoms with E-state index in [2.05, 4.69) is 10.6 Å². The van der Waals surface area contributed by atoms with Crippen LogP contribution in [0.5, 0.6) is 0 Å². The predicted molar refractivity (Wildman–Crippen MR) is 73.4 cm³/mol. The van der Waals surface area contributed by atoms with Gasteiger partial charge in [0.25, 0.3) is 0 Å². The van der Waals surface area contributed by atoms with Gasteiger partial charge in [-0.1, -0.05) is 20.8 Å². The molecule has 0 spiro atoms. The Morgan fingerprint density at radius 3 is 2.37 bits per heavy atom. The Morgan fingerprint density at radius 2 is 1.84 bits per heavy atom. The van der Waals surface area contributed by atoms with E-state index in [0.29, 0.717) is 12.1 Å². The van der Waals surface area contributed by atoms with Crippen molar-refractivity contribution in [3.8, 4) is 0 Å². The molecule has 19 heavy (non-hydrogen) atoms. The van der Waals surface area contributed by atoms with Crippen molar-refractivity contribution in [3.63, 3.8) is 0 Å². The smallest absolute Gasteiger partial charge is 0.224 e. The van der Waals surface area contributed by atoms with Gasteiger partial charge in [0, 0.05) is 19.0 Å². The quantitative estimate of drug-likeness (QED) is 0.882. The van der Waals surface area contributed by atoms with Crippen molar-refractivity contribution in [2.75, 3.05) is 10.6 Å². The summed E-state index contributed by atoms with van der Waals surface area (Å²) in [6, 6.07) is 4.07. The zero-order valence-corrected chi connectivity index (χ0v) is 11.6. The molecule has 0 aromatic heterocycles. The van der Waals surface area contributed by atoms with Crippen LogP contribution in [0.2, 0.25) is 0 Å². The topological polar surface area (TPSA) is 58.2 Å². The molecule has 0 aliphatic heterocycles. The largest absolute Gasteiger partial charge is 0.326 e. The van der Waals surface area contributed by atoms with Crippen LogP contribution in [0.3, 0.4) is 0 Å². The summed E-state index contributed by atoms with van der Waals surface area (Å²) in [7, 11) is 0. The Labute approximate surface area is 112 Å². The molecule has 0 heterocycles. The fourth-order valence-corrected chi connectivity index (χ4v) is 1.58. The number of halogens is 1. The molecule has 1 rings (SSSR count).